The Hall–Kier alpha value is -1.71. The van der Waals surface area contributed by atoms with Crippen LogP contribution in [0.1, 0.15) is 29.2 Å². The molecule has 2 unspecified atom stereocenters. The van der Waals surface area contributed by atoms with E-state index in [9.17, 15) is 5.11 Å². The maximum Gasteiger partial charge on any atom is 0.0639 e. The second kappa shape index (κ2) is 7.17. The Labute approximate surface area is 120 Å². The van der Waals surface area contributed by atoms with Crippen LogP contribution >= 0.6 is 0 Å². The molecule has 0 radical (unpaired) electrons. The Kier molecular flexibility index (Phi) is 5.27. The molecule has 0 saturated carbocycles. The van der Waals surface area contributed by atoms with Crippen LogP contribution in [0.2, 0.25) is 0 Å². The average molecular weight is 270 g/mol. The molecule has 2 rings (SSSR count). The molecule has 0 aliphatic heterocycles. The SMILES string of the molecule is Cc1cccc(CCC(O)C(CN)c2ccccn2)c1. The number of rotatable bonds is 6. The molecule has 3 heteroatoms. The maximum atomic E-state index is 10.4. The van der Waals surface area contributed by atoms with E-state index >= 15 is 0 Å². The van der Waals surface area contributed by atoms with Crippen molar-refractivity contribution in [1.82, 2.24) is 4.98 Å². The summed E-state index contributed by atoms with van der Waals surface area (Å²) in [4.78, 5) is 4.30. The summed E-state index contributed by atoms with van der Waals surface area (Å²) in [5.74, 6) is -0.0963. The van der Waals surface area contributed by atoms with Gasteiger partial charge in [0.15, 0.2) is 0 Å². The molecular formula is C17H22N2O. The number of hydrogen-bond donors (Lipinski definition) is 2. The van der Waals surface area contributed by atoms with E-state index in [1.165, 1.54) is 11.1 Å². The molecule has 106 valence electrons. The lowest BCUT2D eigenvalue weighted by molar-refractivity contribution is 0.134. The van der Waals surface area contributed by atoms with E-state index in [0.717, 1.165) is 12.1 Å². The molecule has 0 fully saturated rings. The van der Waals surface area contributed by atoms with Crippen LogP contribution < -0.4 is 5.73 Å². The van der Waals surface area contributed by atoms with Crippen LogP contribution in [0.4, 0.5) is 0 Å². The zero-order chi connectivity index (χ0) is 14.4. The molecule has 3 N–H and O–H groups in total. The van der Waals surface area contributed by atoms with Gasteiger partial charge in [-0.1, -0.05) is 35.9 Å². The first-order valence-electron chi connectivity index (χ1n) is 7.05. The van der Waals surface area contributed by atoms with Gasteiger partial charge in [0, 0.05) is 24.4 Å². The Balaban J connectivity index is 1.98. The Morgan fingerprint density at radius 3 is 2.70 bits per heavy atom. The van der Waals surface area contributed by atoms with Gasteiger partial charge < -0.3 is 10.8 Å². The van der Waals surface area contributed by atoms with Crippen LogP contribution in [0.25, 0.3) is 0 Å². The molecule has 2 atom stereocenters. The zero-order valence-corrected chi connectivity index (χ0v) is 11.9. The highest BCUT2D eigenvalue weighted by molar-refractivity contribution is 5.22. The van der Waals surface area contributed by atoms with Crippen molar-refractivity contribution in [1.29, 1.82) is 0 Å². The summed E-state index contributed by atoms with van der Waals surface area (Å²) in [6, 6.07) is 14.1. The van der Waals surface area contributed by atoms with E-state index in [1.54, 1.807) is 6.20 Å². The van der Waals surface area contributed by atoms with Crippen LogP contribution in [-0.2, 0) is 6.42 Å². The van der Waals surface area contributed by atoms with Gasteiger partial charge in [-0.3, -0.25) is 4.98 Å². The van der Waals surface area contributed by atoms with E-state index < -0.39 is 6.10 Å². The number of nitrogens with zero attached hydrogens (tertiary/aromatic N) is 1. The van der Waals surface area contributed by atoms with Crippen LogP contribution in [0, 0.1) is 6.92 Å². The third-order valence-electron chi connectivity index (χ3n) is 3.60. The van der Waals surface area contributed by atoms with Gasteiger partial charge in [-0.15, -0.1) is 0 Å². The Bertz CT molecular complexity index is 528. The number of pyridine rings is 1. The second-order valence-electron chi connectivity index (χ2n) is 5.19. The summed E-state index contributed by atoms with van der Waals surface area (Å²) >= 11 is 0. The summed E-state index contributed by atoms with van der Waals surface area (Å²) in [6.07, 6.45) is 2.83. The number of aliphatic hydroxyl groups excluding tert-OH is 1. The molecule has 1 heterocycles. The van der Waals surface area contributed by atoms with Crippen molar-refractivity contribution in [2.75, 3.05) is 6.54 Å². The molecule has 0 spiro atoms. The van der Waals surface area contributed by atoms with Gasteiger partial charge >= 0.3 is 0 Å². The van der Waals surface area contributed by atoms with Crippen molar-refractivity contribution in [3.63, 3.8) is 0 Å². The first-order valence-corrected chi connectivity index (χ1v) is 7.05. The molecule has 0 aliphatic carbocycles. The van der Waals surface area contributed by atoms with Crippen molar-refractivity contribution in [3.05, 3.63) is 65.5 Å². The number of aryl methyl sites for hydroxylation is 2. The first kappa shape index (κ1) is 14.7. The molecule has 3 nitrogen and oxygen atoms in total. The summed E-state index contributed by atoms with van der Waals surface area (Å²) in [5, 5.41) is 10.4. The van der Waals surface area contributed by atoms with Gasteiger partial charge in [-0.25, -0.2) is 0 Å². The lowest BCUT2D eigenvalue weighted by Gasteiger charge is -2.21. The highest BCUT2D eigenvalue weighted by Gasteiger charge is 2.20. The number of benzene rings is 1. The van der Waals surface area contributed by atoms with Crippen molar-refractivity contribution in [3.8, 4) is 0 Å². The lowest BCUT2D eigenvalue weighted by atomic mass is 9.93. The largest absolute Gasteiger partial charge is 0.392 e. The fraction of sp³-hybridized carbons (Fsp3) is 0.353. The average Bonchev–Trinajstić information content (AvgIpc) is 2.47. The van der Waals surface area contributed by atoms with Crippen LogP contribution in [0.5, 0.6) is 0 Å². The standard InChI is InChI=1S/C17H22N2O/c1-13-5-4-6-14(11-13)8-9-17(20)15(12-18)16-7-2-3-10-19-16/h2-7,10-11,15,17,20H,8-9,12,18H2,1H3. The molecule has 0 aliphatic rings. The van der Waals surface area contributed by atoms with Gasteiger partial charge in [-0.2, -0.15) is 0 Å². The highest BCUT2D eigenvalue weighted by atomic mass is 16.3. The van der Waals surface area contributed by atoms with Gasteiger partial charge in [-0.05, 0) is 37.5 Å². The van der Waals surface area contributed by atoms with Crippen LogP contribution in [0.15, 0.2) is 48.7 Å². The minimum Gasteiger partial charge on any atom is -0.392 e. The fourth-order valence-electron chi connectivity index (χ4n) is 2.45. The van der Waals surface area contributed by atoms with Gasteiger partial charge in [0.1, 0.15) is 0 Å². The van der Waals surface area contributed by atoms with Crippen molar-refractivity contribution in [2.45, 2.75) is 31.8 Å². The van der Waals surface area contributed by atoms with E-state index in [-0.39, 0.29) is 5.92 Å². The minimum absolute atomic E-state index is 0.0963. The highest BCUT2D eigenvalue weighted by Crippen LogP contribution is 2.20. The molecule has 1 aromatic heterocycles. The normalized spacial score (nSPS) is 13.9. The molecule has 2 aromatic rings. The summed E-state index contributed by atoms with van der Waals surface area (Å²) in [7, 11) is 0. The smallest absolute Gasteiger partial charge is 0.0639 e. The molecule has 0 saturated heterocycles. The second-order valence-corrected chi connectivity index (χ2v) is 5.19. The predicted molar refractivity (Wildman–Crippen MR) is 81.5 cm³/mol. The molecule has 0 amide bonds. The third kappa shape index (κ3) is 3.89. The minimum atomic E-state index is -0.463. The van der Waals surface area contributed by atoms with E-state index in [0.29, 0.717) is 13.0 Å². The van der Waals surface area contributed by atoms with Crippen molar-refractivity contribution in [2.24, 2.45) is 5.73 Å². The molecule has 20 heavy (non-hydrogen) atoms. The maximum absolute atomic E-state index is 10.4. The summed E-state index contributed by atoms with van der Waals surface area (Å²) < 4.78 is 0. The number of aliphatic hydroxyl groups is 1. The zero-order valence-electron chi connectivity index (χ0n) is 11.9. The van der Waals surface area contributed by atoms with Gasteiger partial charge in [0.25, 0.3) is 0 Å². The van der Waals surface area contributed by atoms with Crippen LogP contribution in [-0.4, -0.2) is 22.7 Å². The van der Waals surface area contributed by atoms with Crippen molar-refractivity contribution < 1.29 is 5.11 Å². The molecular weight excluding hydrogens is 248 g/mol. The predicted octanol–water partition coefficient (Wildman–Crippen LogP) is 2.43. The third-order valence-corrected chi connectivity index (χ3v) is 3.60. The van der Waals surface area contributed by atoms with Crippen LogP contribution in [0.3, 0.4) is 0 Å². The lowest BCUT2D eigenvalue weighted by Crippen LogP contribution is -2.27. The Morgan fingerprint density at radius 2 is 2.05 bits per heavy atom. The first-order chi connectivity index (χ1) is 9.70. The molecule has 0 bridgehead atoms. The van der Waals surface area contributed by atoms with E-state index in [2.05, 4.69) is 36.2 Å². The van der Waals surface area contributed by atoms with Gasteiger partial charge in [0.2, 0.25) is 0 Å². The van der Waals surface area contributed by atoms with Gasteiger partial charge in [0.05, 0.1) is 6.10 Å². The number of nitrogens with two attached hydrogens (primary N) is 1. The topological polar surface area (TPSA) is 59.1 Å². The van der Waals surface area contributed by atoms with Crippen molar-refractivity contribution >= 4 is 0 Å². The summed E-state index contributed by atoms with van der Waals surface area (Å²) in [5.41, 5.74) is 9.16. The van der Waals surface area contributed by atoms with E-state index in [4.69, 9.17) is 5.73 Å². The quantitative estimate of drug-likeness (QED) is 0.847. The Morgan fingerprint density at radius 1 is 1.20 bits per heavy atom. The number of hydrogen-bond acceptors (Lipinski definition) is 3. The number of aromatic nitrogens is 1. The molecule has 1 aromatic carbocycles. The monoisotopic (exact) mass is 270 g/mol. The summed E-state index contributed by atoms with van der Waals surface area (Å²) in [6.45, 7) is 2.49. The fourth-order valence-corrected chi connectivity index (χ4v) is 2.45. The van der Waals surface area contributed by atoms with E-state index in [1.807, 2.05) is 18.2 Å².